The fourth-order valence-electron chi connectivity index (χ4n) is 5.15. The summed E-state index contributed by atoms with van der Waals surface area (Å²) in [5, 5.41) is 22.6. The van der Waals surface area contributed by atoms with Crippen LogP contribution in [0.5, 0.6) is 17.2 Å². The van der Waals surface area contributed by atoms with Crippen molar-refractivity contribution in [1.82, 2.24) is 9.80 Å². The van der Waals surface area contributed by atoms with Gasteiger partial charge in [-0.15, -0.1) is 0 Å². The lowest BCUT2D eigenvalue weighted by Gasteiger charge is -2.18. The van der Waals surface area contributed by atoms with Crippen molar-refractivity contribution in [3.05, 3.63) is 62.3 Å². The van der Waals surface area contributed by atoms with Crippen LogP contribution in [0.4, 0.5) is 0 Å². The minimum Gasteiger partial charge on any atom is -0.507 e. The van der Waals surface area contributed by atoms with Crippen LogP contribution in [0.1, 0.15) is 70.1 Å². The van der Waals surface area contributed by atoms with Crippen molar-refractivity contribution in [2.45, 2.75) is 72.8 Å². The third-order valence-electron chi connectivity index (χ3n) is 7.58. The summed E-state index contributed by atoms with van der Waals surface area (Å²) < 4.78 is 18.8. The number of ether oxygens (including phenoxy) is 2. The molecule has 2 aromatic carbocycles. The highest BCUT2D eigenvalue weighted by molar-refractivity contribution is 5.97. The second-order valence-corrected chi connectivity index (χ2v) is 12.6. The first kappa shape index (κ1) is 35.2. The smallest absolute Gasteiger partial charge is 0.204 e. The number of phenolic OH excluding ortho intramolecular Hbond substituents is 1. The Morgan fingerprint density at radius 1 is 0.750 bits per heavy atom. The highest BCUT2D eigenvalue weighted by Crippen LogP contribution is 2.39. The lowest BCUT2D eigenvalue weighted by atomic mass is 9.95. The van der Waals surface area contributed by atoms with Crippen LogP contribution in [0.15, 0.2) is 44.6 Å². The van der Waals surface area contributed by atoms with Crippen LogP contribution in [-0.2, 0) is 19.4 Å². The zero-order valence-electron chi connectivity index (χ0n) is 28.0. The van der Waals surface area contributed by atoms with E-state index in [1.807, 2.05) is 68.0 Å². The van der Waals surface area contributed by atoms with Crippen LogP contribution in [-0.4, -0.2) is 74.5 Å². The van der Waals surface area contributed by atoms with Crippen molar-refractivity contribution in [3.63, 3.8) is 0 Å². The molecule has 3 rings (SSSR count). The van der Waals surface area contributed by atoms with Crippen molar-refractivity contribution in [2.75, 3.05) is 54.5 Å². The second kappa shape index (κ2) is 16.7. The van der Waals surface area contributed by atoms with Crippen LogP contribution < -0.4 is 14.9 Å². The molecule has 1 heterocycles. The van der Waals surface area contributed by atoms with E-state index >= 15 is 0 Å². The predicted octanol–water partition coefficient (Wildman–Crippen LogP) is 6.60. The Morgan fingerprint density at radius 2 is 1.23 bits per heavy atom. The molecule has 8 heteroatoms. The average Bonchev–Trinajstić information content (AvgIpc) is 2.94. The van der Waals surface area contributed by atoms with E-state index < -0.39 is 0 Å². The molecule has 3 aromatic rings. The minimum absolute atomic E-state index is 0.120. The Balaban J connectivity index is 2.20. The van der Waals surface area contributed by atoms with Crippen molar-refractivity contribution in [2.24, 2.45) is 0 Å². The maximum Gasteiger partial charge on any atom is 0.204 e. The molecule has 0 aliphatic carbocycles. The van der Waals surface area contributed by atoms with Crippen LogP contribution in [0.25, 0.3) is 21.9 Å². The van der Waals surface area contributed by atoms with Gasteiger partial charge in [0.15, 0.2) is 0 Å². The van der Waals surface area contributed by atoms with Gasteiger partial charge in [0, 0.05) is 23.3 Å². The number of aliphatic hydroxyl groups excluding tert-OH is 1. The van der Waals surface area contributed by atoms with E-state index in [0.717, 1.165) is 49.9 Å². The van der Waals surface area contributed by atoms with Crippen molar-refractivity contribution >= 4 is 21.9 Å². The minimum atomic E-state index is -0.334. The molecule has 0 radical (unpaired) electrons. The van der Waals surface area contributed by atoms with E-state index in [0.29, 0.717) is 65.2 Å². The quantitative estimate of drug-likeness (QED) is 0.101. The number of aliphatic hydroxyl groups is 1. The third-order valence-corrected chi connectivity index (χ3v) is 7.58. The number of benzene rings is 2. The molecule has 8 nitrogen and oxygen atoms in total. The summed E-state index contributed by atoms with van der Waals surface area (Å²) in [6.45, 7) is 10.6. The van der Waals surface area contributed by atoms with Crippen LogP contribution >= 0.6 is 0 Å². The average molecular weight is 609 g/mol. The van der Waals surface area contributed by atoms with Gasteiger partial charge in [-0.25, -0.2) is 0 Å². The molecule has 0 amide bonds. The number of fused-ring (bicyclic) bond motifs is 2. The van der Waals surface area contributed by atoms with Crippen molar-refractivity contribution in [3.8, 4) is 17.2 Å². The zero-order valence-corrected chi connectivity index (χ0v) is 28.0. The summed E-state index contributed by atoms with van der Waals surface area (Å²) in [4.78, 5) is 18.5. The molecular weight excluding hydrogens is 556 g/mol. The lowest BCUT2D eigenvalue weighted by molar-refractivity contribution is 0.256. The van der Waals surface area contributed by atoms with Gasteiger partial charge in [0.1, 0.15) is 33.8 Å². The number of hydrogen-bond acceptors (Lipinski definition) is 8. The van der Waals surface area contributed by atoms with E-state index in [2.05, 4.69) is 9.80 Å². The van der Waals surface area contributed by atoms with E-state index in [4.69, 9.17) is 13.9 Å². The molecule has 0 bridgehead atoms. The molecule has 0 atom stereocenters. The van der Waals surface area contributed by atoms with Crippen LogP contribution in [0.2, 0.25) is 0 Å². The number of hydrogen-bond donors (Lipinski definition) is 2. The van der Waals surface area contributed by atoms with Gasteiger partial charge >= 0.3 is 0 Å². The normalized spacial score (nSPS) is 11.5. The Bertz CT molecular complexity index is 1530. The largest absolute Gasteiger partial charge is 0.507 e. The Morgan fingerprint density at radius 3 is 1.70 bits per heavy atom. The lowest BCUT2D eigenvalue weighted by Crippen LogP contribution is -2.14. The van der Waals surface area contributed by atoms with Crippen LogP contribution in [0, 0.1) is 0 Å². The maximum atomic E-state index is 14.3. The van der Waals surface area contributed by atoms with Gasteiger partial charge in [0.25, 0.3) is 0 Å². The Kier molecular flexibility index (Phi) is 13.3. The van der Waals surface area contributed by atoms with E-state index in [1.54, 1.807) is 12.1 Å². The van der Waals surface area contributed by atoms with Gasteiger partial charge in [0.05, 0.1) is 25.2 Å². The number of allylic oxidation sites excluding steroid dienone is 4. The summed E-state index contributed by atoms with van der Waals surface area (Å²) in [5.41, 5.74) is 4.23. The molecule has 0 saturated heterocycles. The summed E-state index contributed by atoms with van der Waals surface area (Å²) in [6.07, 6.45) is 8.53. The zero-order chi connectivity index (χ0) is 32.4. The molecule has 0 aliphatic heterocycles. The number of unbranched alkanes of at least 4 members (excludes halogenated alkanes) is 2. The second-order valence-electron chi connectivity index (χ2n) is 12.6. The summed E-state index contributed by atoms with van der Waals surface area (Å²) >= 11 is 0. The van der Waals surface area contributed by atoms with E-state index in [-0.39, 0.29) is 28.8 Å². The number of rotatable bonds is 17. The molecule has 0 spiro atoms. The molecule has 0 unspecified atom stereocenters. The molecule has 0 aliphatic rings. The van der Waals surface area contributed by atoms with Gasteiger partial charge in [-0.1, -0.05) is 23.3 Å². The Hall–Kier alpha value is -3.33. The van der Waals surface area contributed by atoms with E-state index in [9.17, 15) is 15.0 Å². The van der Waals surface area contributed by atoms with Gasteiger partial charge < -0.3 is 33.9 Å². The summed E-state index contributed by atoms with van der Waals surface area (Å²) in [5.74, 6) is 0.888. The molecule has 2 N–H and O–H groups in total. The molecule has 44 heavy (non-hydrogen) atoms. The van der Waals surface area contributed by atoms with Gasteiger partial charge in [-0.3, -0.25) is 4.79 Å². The topological polar surface area (TPSA) is 95.6 Å². The maximum absolute atomic E-state index is 14.3. The number of aromatic hydroxyl groups is 1. The van der Waals surface area contributed by atoms with Gasteiger partial charge in [-0.2, -0.15) is 0 Å². The molecule has 0 fully saturated rings. The summed E-state index contributed by atoms with van der Waals surface area (Å²) in [7, 11) is 8.17. The van der Waals surface area contributed by atoms with E-state index in [1.165, 1.54) is 0 Å². The fraction of sp³-hybridized carbons (Fsp3) is 0.528. The monoisotopic (exact) mass is 608 g/mol. The first-order valence-corrected chi connectivity index (χ1v) is 15.7. The highest BCUT2D eigenvalue weighted by atomic mass is 16.5. The van der Waals surface area contributed by atoms with Crippen molar-refractivity contribution < 1.29 is 24.1 Å². The standard InChI is InChI=1S/C36H52N2O6/c1-24(2)13-15-26-28(23-39)30(43-20-12-10-18-38(7)8)22-31-33(26)36(41)34-32(44-31)21-29(42-19-11-9-17-37(5)6)27(35(34)40)16-14-25(3)4/h13-14,21-22,39-40H,9-12,15-20,23H2,1-8H3. The first-order valence-electron chi connectivity index (χ1n) is 15.7. The predicted molar refractivity (Wildman–Crippen MR) is 180 cm³/mol. The van der Waals surface area contributed by atoms with Crippen LogP contribution in [0.3, 0.4) is 0 Å². The number of phenols is 1. The fourth-order valence-corrected chi connectivity index (χ4v) is 5.15. The first-order chi connectivity index (χ1) is 20.9. The van der Waals surface area contributed by atoms with Gasteiger partial charge in [0.2, 0.25) is 5.43 Å². The number of nitrogens with zero attached hydrogens (tertiary/aromatic N) is 2. The van der Waals surface area contributed by atoms with Crippen molar-refractivity contribution in [1.29, 1.82) is 0 Å². The molecule has 242 valence electrons. The molecular formula is C36H52N2O6. The third kappa shape index (κ3) is 9.34. The highest BCUT2D eigenvalue weighted by Gasteiger charge is 2.23. The Labute approximate surface area is 262 Å². The SMILES string of the molecule is CC(C)=CCc1c(OCCCCN(C)C)cc2oc3cc(OCCCCN(C)C)c(CO)c(CC=C(C)C)c3c(=O)c2c1O. The molecule has 1 aromatic heterocycles. The van der Waals surface area contributed by atoms with Gasteiger partial charge in [-0.05, 0) is 113 Å². The summed E-state index contributed by atoms with van der Waals surface area (Å²) in [6, 6.07) is 3.43. The molecule has 0 saturated carbocycles.